The third-order valence-electron chi connectivity index (χ3n) is 4.48. The molecule has 0 radical (unpaired) electrons. The van der Waals surface area contributed by atoms with E-state index in [1.807, 2.05) is 30.3 Å². The van der Waals surface area contributed by atoms with Crippen LogP contribution in [0.1, 0.15) is 26.3 Å². The predicted octanol–water partition coefficient (Wildman–Crippen LogP) is 1.69. The summed E-state index contributed by atoms with van der Waals surface area (Å²) in [4.78, 5) is 16.4. The first-order chi connectivity index (χ1) is 11.8. The maximum atomic E-state index is 11.7. The topological polar surface area (TPSA) is 65.0 Å². The number of amides is 1. The number of carbonyl (C=O) groups excluding carboxylic acids is 1. The highest BCUT2D eigenvalue weighted by Gasteiger charge is 2.26. The Morgan fingerprint density at radius 2 is 1.84 bits per heavy atom. The first-order valence-electron chi connectivity index (χ1n) is 8.94. The number of alkyl carbamates (subject to hydrolysis) is 1. The van der Waals surface area contributed by atoms with Gasteiger partial charge >= 0.3 is 6.09 Å². The Labute approximate surface area is 150 Å². The molecule has 0 saturated carbocycles. The molecule has 1 aromatic rings. The van der Waals surface area contributed by atoms with Gasteiger partial charge in [0.15, 0.2) is 0 Å². The summed E-state index contributed by atoms with van der Waals surface area (Å²) in [5, 5.41) is 12.8. The monoisotopic (exact) mass is 349 g/mol. The van der Waals surface area contributed by atoms with Gasteiger partial charge in [-0.3, -0.25) is 9.80 Å². The lowest BCUT2D eigenvalue weighted by Gasteiger charge is -2.42. The van der Waals surface area contributed by atoms with Crippen molar-refractivity contribution in [1.82, 2.24) is 15.1 Å². The number of β-amino-alcohol motifs (C(OH)–C–C–N with tert-alkyl or cyclic N) is 1. The summed E-state index contributed by atoms with van der Waals surface area (Å²) in [5.74, 6) is 0. The lowest BCUT2D eigenvalue weighted by molar-refractivity contribution is 0.0361. The number of nitrogens with one attached hydrogen (secondary N) is 1. The third-order valence-corrected chi connectivity index (χ3v) is 4.48. The van der Waals surface area contributed by atoms with Crippen LogP contribution in [0.4, 0.5) is 4.79 Å². The van der Waals surface area contributed by atoms with Crippen molar-refractivity contribution in [2.75, 3.05) is 39.3 Å². The Balaban J connectivity index is 1.61. The van der Waals surface area contributed by atoms with Gasteiger partial charge < -0.3 is 15.2 Å². The highest BCUT2D eigenvalue weighted by Crippen LogP contribution is 2.15. The Morgan fingerprint density at radius 1 is 1.20 bits per heavy atom. The van der Waals surface area contributed by atoms with Crippen molar-refractivity contribution in [1.29, 1.82) is 0 Å². The number of aliphatic hydroxyl groups excluding tert-OH is 1. The molecule has 1 saturated heterocycles. The molecule has 0 aliphatic carbocycles. The Kier molecular flexibility index (Phi) is 7.23. The maximum absolute atomic E-state index is 11.7. The lowest BCUT2D eigenvalue weighted by atomic mass is 10.0. The van der Waals surface area contributed by atoms with Gasteiger partial charge in [0, 0.05) is 44.8 Å². The van der Waals surface area contributed by atoms with Crippen molar-refractivity contribution in [3.05, 3.63) is 35.9 Å². The smallest absolute Gasteiger partial charge is 0.407 e. The number of benzene rings is 1. The summed E-state index contributed by atoms with van der Waals surface area (Å²) in [5.41, 5.74) is 1.13. The molecule has 0 spiro atoms. The van der Waals surface area contributed by atoms with Crippen molar-refractivity contribution in [2.45, 2.75) is 39.0 Å². The van der Waals surface area contributed by atoms with Gasteiger partial charge in [-0.2, -0.15) is 0 Å². The number of carbonyl (C=O) groups is 1. The van der Waals surface area contributed by atoms with Crippen molar-refractivity contribution < 1.29 is 14.6 Å². The molecule has 1 aromatic carbocycles. The molecule has 1 atom stereocenters. The number of hydrogen-bond donors (Lipinski definition) is 2. The van der Waals surface area contributed by atoms with Gasteiger partial charge in [-0.05, 0) is 26.3 Å². The van der Waals surface area contributed by atoms with Crippen LogP contribution in [0.2, 0.25) is 0 Å². The van der Waals surface area contributed by atoms with E-state index >= 15 is 0 Å². The summed E-state index contributed by atoms with van der Waals surface area (Å²) in [6, 6.07) is 9.53. The molecule has 25 heavy (non-hydrogen) atoms. The molecule has 1 amide bonds. The predicted molar refractivity (Wildman–Crippen MR) is 98.4 cm³/mol. The molecule has 140 valence electrons. The van der Waals surface area contributed by atoms with Gasteiger partial charge in [-0.1, -0.05) is 30.3 Å². The molecule has 2 rings (SSSR count). The standard InChI is InChI=1S/C19H31N3O3/c1-19(2,3)22-11-9-21(10-12-22)14-17(23)13-20-18(24)25-15-16-7-5-4-6-8-16/h4-8,17,23H,9-15H2,1-3H3,(H,20,24)/t17-/m0/s1. The summed E-state index contributed by atoms with van der Waals surface area (Å²) in [7, 11) is 0. The van der Waals surface area contributed by atoms with Gasteiger partial charge in [-0.15, -0.1) is 0 Å². The quantitative estimate of drug-likeness (QED) is 0.818. The van der Waals surface area contributed by atoms with E-state index < -0.39 is 12.2 Å². The second-order valence-corrected chi connectivity index (χ2v) is 7.55. The van der Waals surface area contributed by atoms with Gasteiger partial charge in [0.2, 0.25) is 0 Å². The largest absolute Gasteiger partial charge is 0.445 e. The fourth-order valence-electron chi connectivity index (χ4n) is 2.94. The Morgan fingerprint density at radius 3 is 2.44 bits per heavy atom. The normalized spacial score (nSPS) is 17.9. The van der Waals surface area contributed by atoms with Crippen LogP contribution >= 0.6 is 0 Å². The molecule has 6 nitrogen and oxygen atoms in total. The van der Waals surface area contributed by atoms with Crippen LogP contribution in [0, 0.1) is 0 Å². The number of piperazine rings is 1. The van der Waals surface area contributed by atoms with E-state index in [1.54, 1.807) is 0 Å². The highest BCUT2D eigenvalue weighted by molar-refractivity contribution is 5.67. The number of rotatable bonds is 6. The summed E-state index contributed by atoms with van der Waals surface area (Å²) >= 11 is 0. The molecular formula is C19H31N3O3. The maximum Gasteiger partial charge on any atom is 0.407 e. The van der Waals surface area contributed by atoms with Crippen LogP contribution in [0.15, 0.2) is 30.3 Å². The molecule has 0 aromatic heterocycles. The number of hydrogen-bond acceptors (Lipinski definition) is 5. The fraction of sp³-hybridized carbons (Fsp3) is 0.632. The van der Waals surface area contributed by atoms with E-state index in [2.05, 4.69) is 35.9 Å². The van der Waals surface area contributed by atoms with E-state index in [0.717, 1.165) is 31.7 Å². The first-order valence-corrected chi connectivity index (χ1v) is 8.94. The average molecular weight is 349 g/mol. The van der Waals surface area contributed by atoms with Gasteiger partial charge in [-0.25, -0.2) is 4.79 Å². The fourth-order valence-corrected chi connectivity index (χ4v) is 2.94. The van der Waals surface area contributed by atoms with Gasteiger partial charge in [0.05, 0.1) is 6.10 Å². The van der Waals surface area contributed by atoms with Crippen LogP contribution in [-0.4, -0.2) is 71.9 Å². The van der Waals surface area contributed by atoms with Crippen LogP contribution in [0.5, 0.6) is 0 Å². The molecule has 1 fully saturated rings. The molecule has 0 unspecified atom stereocenters. The Hall–Kier alpha value is -1.63. The second kappa shape index (κ2) is 9.17. The van der Waals surface area contributed by atoms with E-state index in [9.17, 15) is 9.90 Å². The van der Waals surface area contributed by atoms with Gasteiger partial charge in [0.25, 0.3) is 0 Å². The zero-order valence-corrected chi connectivity index (χ0v) is 15.6. The molecule has 2 N–H and O–H groups in total. The zero-order chi connectivity index (χ0) is 18.3. The molecule has 0 bridgehead atoms. The van der Waals surface area contributed by atoms with Crippen LogP contribution in [0.3, 0.4) is 0 Å². The second-order valence-electron chi connectivity index (χ2n) is 7.55. The van der Waals surface area contributed by atoms with Crippen molar-refractivity contribution in [2.24, 2.45) is 0 Å². The molecule has 1 aliphatic heterocycles. The summed E-state index contributed by atoms with van der Waals surface area (Å²) in [6.07, 6.45) is -1.09. The summed E-state index contributed by atoms with van der Waals surface area (Å²) < 4.78 is 5.14. The van der Waals surface area contributed by atoms with E-state index in [1.165, 1.54) is 0 Å². The van der Waals surface area contributed by atoms with Crippen molar-refractivity contribution in [3.63, 3.8) is 0 Å². The lowest BCUT2D eigenvalue weighted by Crippen LogP contribution is -2.55. The van der Waals surface area contributed by atoms with E-state index in [-0.39, 0.29) is 18.7 Å². The highest BCUT2D eigenvalue weighted by atomic mass is 16.5. The van der Waals surface area contributed by atoms with E-state index in [4.69, 9.17) is 4.74 Å². The average Bonchev–Trinajstić information content (AvgIpc) is 2.59. The molecular weight excluding hydrogens is 318 g/mol. The third kappa shape index (κ3) is 7.02. The van der Waals surface area contributed by atoms with Crippen LogP contribution in [-0.2, 0) is 11.3 Å². The molecule has 1 aliphatic rings. The Bertz CT molecular complexity index is 522. The minimum atomic E-state index is -0.592. The minimum Gasteiger partial charge on any atom is -0.445 e. The van der Waals surface area contributed by atoms with Crippen molar-refractivity contribution >= 4 is 6.09 Å². The number of nitrogens with zero attached hydrogens (tertiary/aromatic N) is 2. The molecule has 6 heteroatoms. The van der Waals surface area contributed by atoms with Crippen LogP contribution in [0.25, 0.3) is 0 Å². The summed E-state index contributed by atoms with van der Waals surface area (Å²) in [6.45, 7) is 11.6. The first kappa shape index (κ1) is 19.7. The van der Waals surface area contributed by atoms with Crippen LogP contribution < -0.4 is 5.32 Å². The zero-order valence-electron chi connectivity index (χ0n) is 15.6. The number of aliphatic hydroxyl groups is 1. The minimum absolute atomic E-state index is 0.189. The molecule has 1 heterocycles. The SMILES string of the molecule is CC(C)(C)N1CCN(C[C@@H](O)CNC(=O)OCc2ccccc2)CC1. The van der Waals surface area contributed by atoms with E-state index in [0.29, 0.717) is 6.54 Å². The number of ether oxygens (including phenoxy) is 1. The van der Waals surface area contributed by atoms with Gasteiger partial charge in [0.1, 0.15) is 6.61 Å². The van der Waals surface area contributed by atoms with Crippen molar-refractivity contribution in [3.8, 4) is 0 Å².